The molecule has 38 heavy (non-hydrogen) atoms. The van der Waals surface area contributed by atoms with Crippen molar-refractivity contribution in [1.82, 2.24) is 9.97 Å². The van der Waals surface area contributed by atoms with Crippen molar-refractivity contribution < 1.29 is 9.53 Å². The maximum atomic E-state index is 12.5. The Morgan fingerprint density at radius 3 is 2.37 bits per heavy atom. The Balaban J connectivity index is 1.20. The van der Waals surface area contributed by atoms with Crippen molar-refractivity contribution in [2.75, 3.05) is 29.2 Å². The van der Waals surface area contributed by atoms with Crippen LogP contribution in [0.4, 0.5) is 22.2 Å². The van der Waals surface area contributed by atoms with E-state index in [1.165, 1.54) is 24.1 Å². The van der Waals surface area contributed by atoms with E-state index in [0.717, 1.165) is 67.3 Å². The number of hydrogen-bond acceptors (Lipinski definition) is 6. The summed E-state index contributed by atoms with van der Waals surface area (Å²) in [5.74, 6) is 2.51. The monoisotopic (exact) mass is 514 g/mol. The summed E-state index contributed by atoms with van der Waals surface area (Å²) in [6.45, 7) is 0.501. The number of fused-ring (bicyclic) bond motifs is 1. The number of carbonyl (C=O) groups is 1. The number of carbonyl (C=O) groups excluding carboxylic acids is 1. The Morgan fingerprint density at radius 2 is 1.68 bits per heavy atom. The average Bonchev–Trinajstić information content (AvgIpc) is 2.93. The zero-order chi connectivity index (χ0) is 26.5. The van der Waals surface area contributed by atoms with Crippen molar-refractivity contribution in [3.63, 3.8) is 0 Å². The van der Waals surface area contributed by atoms with Gasteiger partial charge in [-0.1, -0.05) is 30.3 Å². The molecule has 0 saturated heterocycles. The van der Waals surface area contributed by atoms with Gasteiger partial charge in [0.2, 0.25) is 5.95 Å². The number of ether oxygens (including phenoxy) is 1. The van der Waals surface area contributed by atoms with Gasteiger partial charge < -0.3 is 20.7 Å². The lowest BCUT2D eigenvalue weighted by atomic mass is 9.90. The molecule has 2 amide bonds. The Morgan fingerprint density at radius 1 is 0.974 bits per heavy atom. The first kappa shape index (κ1) is 25.8. The number of rotatable bonds is 8. The van der Waals surface area contributed by atoms with Gasteiger partial charge in [-0.3, -0.25) is 4.90 Å². The summed E-state index contributed by atoms with van der Waals surface area (Å²) in [7, 11) is 4.10. The molecule has 0 spiro atoms. The van der Waals surface area contributed by atoms with Crippen molar-refractivity contribution in [2.45, 2.75) is 70.1 Å². The molecule has 2 aromatic carbocycles. The number of urea groups is 1. The zero-order valence-electron chi connectivity index (χ0n) is 22.4. The number of nitrogens with zero attached hydrogens (tertiary/aromatic N) is 4. The van der Waals surface area contributed by atoms with E-state index in [0.29, 0.717) is 6.61 Å². The van der Waals surface area contributed by atoms with Gasteiger partial charge in [-0.25, -0.2) is 9.78 Å². The molecule has 3 N–H and O–H groups in total. The van der Waals surface area contributed by atoms with E-state index in [-0.39, 0.29) is 12.1 Å². The van der Waals surface area contributed by atoms with Crippen molar-refractivity contribution in [1.29, 1.82) is 0 Å². The van der Waals surface area contributed by atoms with Gasteiger partial charge in [0.15, 0.2) is 0 Å². The van der Waals surface area contributed by atoms with Crippen LogP contribution in [0.3, 0.4) is 0 Å². The number of primary amides is 1. The maximum absolute atomic E-state index is 12.5. The van der Waals surface area contributed by atoms with Crippen molar-refractivity contribution >= 4 is 23.5 Å². The van der Waals surface area contributed by atoms with Gasteiger partial charge in [0.25, 0.3) is 0 Å². The SMILES string of the molecule is CN(C)c1nc(NC2CCC(N(C(N)=O)c3ccc(OCc4ccccc4)cc3)CC2)nc2c1CCCC2. The predicted molar refractivity (Wildman–Crippen MR) is 152 cm³/mol. The molecule has 0 bridgehead atoms. The summed E-state index contributed by atoms with van der Waals surface area (Å²) in [5.41, 5.74) is 10.2. The van der Waals surface area contributed by atoms with Crippen molar-refractivity contribution in [3.05, 3.63) is 71.4 Å². The molecule has 1 heterocycles. The molecule has 0 unspecified atom stereocenters. The van der Waals surface area contributed by atoms with Gasteiger partial charge >= 0.3 is 6.03 Å². The van der Waals surface area contributed by atoms with Crippen LogP contribution in [-0.2, 0) is 19.4 Å². The van der Waals surface area contributed by atoms with Gasteiger partial charge in [-0.05, 0) is 81.2 Å². The Labute approximate surface area is 225 Å². The first-order valence-electron chi connectivity index (χ1n) is 13.7. The van der Waals surface area contributed by atoms with Gasteiger partial charge in [-0.2, -0.15) is 4.98 Å². The van der Waals surface area contributed by atoms with Gasteiger partial charge in [-0.15, -0.1) is 0 Å². The molecule has 1 aromatic heterocycles. The molecule has 8 heteroatoms. The number of aromatic nitrogens is 2. The summed E-state index contributed by atoms with van der Waals surface area (Å²) in [6, 6.07) is 17.6. The van der Waals surface area contributed by atoms with E-state index in [1.807, 2.05) is 68.7 Å². The van der Waals surface area contributed by atoms with Gasteiger partial charge in [0, 0.05) is 37.4 Å². The van der Waals surface area contributed by atoms with Crippen LogP contribution in [0.15, 0.2) is 54.6 Å². The first-order chi connectivity index (χ1) is 18.5. The van der Waals surface area contributed by atoms with Crippen LogP contribution in [-0.4, -0.2) is 42.2 Å². The van der Waals surface area contributed by atoms with Crippen LogP contribution >= 0.6 is 0 Å². The van der Waals surface area contributed by atoms with Crippen LogP contribution in [0.2, 0.25) is 0 Å². The fraction of sp³-hybridized carbons (Fsp3) is 0.433. The fourth-order valence-electron chi connectivity index (χ4n) is 5.63. The fourth-order valence-corrected chi connectivity index (χ4v) is 5.63. The van der Waals surface area contributed by atoms with E-state index in [2.05, 4.69) is 10.2 Å². The highest BCUT2D eigenvalue weighted by atomic mass is 16.5. The molecule has 5 rings (SSSR count). The molecule has 2 aliphatic rings. The summed E-state index contributed by atoms with van der Waals surface area (Å²) >= 11 is 0. The molecular formula is C30H38N6O2. The third-order valence-electron chi connectivity index (χ3n) is 7.58. The molecule has 2 aliphatic carbocycles. The number of benzene rings is 2. The number of nitrogens with one attached hydrogen (secondary N) is 1. The molecule has 200 valence electrons. The normalized spacial score (nSPS) is 18.8. The highest BCUT2D eigenvalue weighted by Gasteiger charge is 2.30. The van der Waals surface area contributed by atoms with Crippen LogP contribution in [0.1, 0.15) is 55.3 Å². The maximum Gasteiger partial charge on any atom is 0.319 e. The molecular weight excluding hydrogens is 476 g/mol. The number of aryl methyl sites for hydroxylation is 1. The first-order valence-corrected chi connectivity index (χ1v) is 13.7. The van der Waals surface area contributed by atoms with E-state index >= 15 is 0 Å². The van der Waals surface area contributed by atoms with Crippen LogP contribution in [0.5, 0.6) is 5.75 Å². The molecule has 0 atom stereocenters. The minimum Gasteiger partial charge on any atom is -0.489 e. The van der Waals surface area contributed by atoms with Crippen molar-refractivity contribution in [3.8, 4) is 5.75 Å². The second-order valence-corrected chi connectivity index (χ2v) is 10.5. The third-order valence-corrected chi connectivity index (χ3v) is 7.58. The van der Waals surface area contributed by atoms with Crippen molar-refractivity contribution in [2.24, 2.45) is 5.73 Å². The quantitative estimate of drug-likeness (QED) is 0.423. The molecule has 1 saturated carbocycles. The number of hydrogen-bond donors (Lipinski definition) is 2. The lowest BCUT2D eigenvalue weighted by Crippen LogP contribution is -2.46. The van der Waals surface area contributed by atoms with Gasteiger partial charge in [0.1, 0.15) is 18.2 Å². The second kappa shape index (κ2) is 11.7. The number of amides is 2. The average molecular weight is 515 g/mol. The molecule has 8 nitrogen and oxygen atoms in total. The topological polar surface area (TPSA) is 96.6 Å². The van der Waals surface area contributed by atoms with E-state index in [1.54, 1.807) is 4.90 Å². The Bertz CT molecular complexity index is 1220. The number of anilines is 3. The van der Waals surface area contributed by atoms with Crippen LogP contribution in [0.25, 0.3) is 0 Å². The molecule has 0 aliphatic heterocycles. The highest BCUT2D eigenvalue weighted by molar-refractivity contribution is 5.91. The lowest BCUT2D eigenvalue weighted by Gasteiger charge is -2.36. The Hall–Kier alpha value is -3.81. The lowest BCUT2D eigenvalue weighted by molar-refractivity contribution is 0.248. The van der Waals surface area contributed by atoms with Crippen LogP contribution in [0, 0.1) is 0 Å². The van der Waals surface area contributed by atoms with Gasteiger partial charge in [0.05, 0.1) is 5.69 Å². The van der Waals surface area contributed by atoms with E-state index < -0.39 is 6.03 Å². The minimum atomic E-state index is -0.423. The standard InChI is InChI=1S/C30H38N6O2/c1-35(2)28-26-10-6-7-11-27(26)33-30(34-28)32-22-12-14-23(15-13-22)36(29(31)37)24-16-18-25(19-17-24)38-20-21-8-4-3-5-9-21/h3-5,8-9,16-19,22-23H,6-7,10-15,20H2,1-2H3,(H2,31,37)(H,32,33,34). The van der Waals surface area contributed by atoms with Crippen LogP contribution < -0.4 is 25.6 Å². The highest BCUT2D eigenvalue weighted by Crippen LogP contribution is 2.32. The smallest absolute Gasteiger partial charge is 0.319 e. The predicted octanol–water partition coefficient (Wildman–Crippen LogP) is 5.31. The molecule has 0 radical (unpaired) electrons. The largest absolute Gasteiger partial charge is 0.489 e. The number of nitrogens with two attached hydrogens (primary N) is 1. The molecule has 3 aromatic rings. The minimum absolute atomic E-state index is 0.0587. The summed E-state index contributed by atoms with van der Waals surface area (Å²) in [6.07, 6.45) is 8.02. The third kappa shape index (κ3) is 6.01. The molecule has 1 fully saturated rings. The summed E-state index contributed by atoms with van der Waals surface area (Å²) in [5, 5.41) is 3.59. The van der Waals surface area contributed by atoms with E-state index in [9.17, 15) is 4.79 Å². The Kier molecular flexibility index (Phi) is 7.96. The second-order valence-electron chi connectivity index (χ2n) is 10.5. The zero-order valence-corrected chi connectivity index (χ0v) is 22.4. The summed E-state index contributed by atoms with van der Waals surface area (Å²) in [4.78, 5) is 26.0. The summed E-state index contributed by atoms with van der Waals surface area (Å²) < 4.78 is 5.90. The van der Waals surface area contributed by atoms with E-state index in [4.69, 9.17) is 20.4 Å².